The van der Waals surface area contributed by atoms with Crippen LogP contribution in [0.2, 0.25) is 25.7 Å². The standard InChI is InChI=1S/C17H25N3O4Si/c1-13-17(14-5-7-15(8-6-14)20(22)23)16(11-21)18-19(13)12-24-9-10-25(2,3)4/h5-8,21H,9-12H2,1-4H3. The van der Waals surface area contributed by atoms with Gasteiger partial charge in [0.1, 0.15) is 6.73 Å². The molecule has 25 heavy (non-hydrogen) atoms. The van der Waals surface area contributed by atoms with Crippen LogP contribution >= 0.6 is 0 Å². The summed E-state index contributed by atoms with van der Waals surface area (Å²) in [4.78, 5) is 10.4. The van der Waals surface area contributed by atoms with Crippen LogP contribution in [0, 0.1) is 17.0 Å². The summed E-state index contributed by atoms with van der Waals surface area (Å²) in [7, 11) is -1.14. The number of hydrogen-bond donors (Lipinski definition) is 1. The molecule has 0 saturated carbocycles. The van der Waals surface area contributed by atoms with Gasteiger partial charge in [-0.1, -0.05) is 19.6 Å². The first-order valence-electron chi connectivity index (χ1n) is 8.22. The van der Waals surface area contributed by atoms with Crippen molar-refractivity contribution in [2.75, 3.05) is 6.61 Å². The van der Waals surface area contributed by atoms with E-state index in [9.17, 15) is 15.2 Å². The van der Waals surface area contributed by atoms with Crippen LogP contribution in [0.15, 0.2) is 24.3 Å². The van der Waals surface area contributed by atoms with Gasteiger partial charge in [0.05, 0.1) is 17.2 Å². The molecule has 0 amide bonds. The first-order chi connectivity index (χ1) is 11.7. The zero-order valence-corrected chi connectivity index (χ0v) is 16.2. The molecule has 7 nitrogen and oxygen atoms in total. The lowest BCUT2D eigenvalue weighted by Gasteiger charge is -2.15. The largest absolute Gasteiger partial charge is 0.390 e. The minimum atomic E-state index is -1.14. The minimum Gasteiger partial charge on any atom is -0.390 e. The van der Waals surface area contributed by atoms with E-state index < -0.39 is 13.0 Å². The van der Waals surface area contributed by atoms with Gasteiger partial charge in [0.2, 0.25) is 0 Å². The molecule has 0 aliphatic carbocycles. The summed E-state index contributed by atoms with van der Waals surface area (Å²) < 4.78 is 7.47. The highest BCUT2D eigenvalue weighted by Crippen LogP contribution is 2.29. The van der Waals surface area contributed by atoms with E-state index in [0.29, 0.717) is 19.0 Å². The summed E-state index contributed by atoms with van der Waals surface area (Å²) >= 11 is 0. The van der Waals surface area contributed by atoms with Crippen molar-refractivity contribution in [3.8, 4) is 11.1 Å². The maximum atomic E-state index is 10.8. The van der Waals surface area contributed by atoms with Gasteiger partial charge in [-0.25, -0.2) is 4.68 Å². The van der Waals surface area contributed by atoms with Gasteiger partial charge >= 0.3 is 0 Å². The molecule has 0 fully saturated rings. The fourth-order valence-corrected chi connectivity index (χ4v) is 3.26. The number of ether oxygens (including phenoxy) is 1. The molecule has 1 aromatic heterocycles. The maximum absolute atomic E-state index is 10.8. The molecule has 1 N–H and O–H groups in total. The lowest BCUT2D eigenvalue weighted by molar-refractivity contribution is -0.384. The SMILES string of the molecule is Cc1c(-c2ccc([N+](=O)[O-])cc2)c(CO)nn1COCC[Si](C)(C)C. The molecule has 0 spiro atoms. The lowest BCUT2D eigenvalue weighted by Crippen LogP contribution is -2.22. The van der Waals surface area contributed by atoms with E-state index >= 15 is 0 Å². The van der Waals surface area contributed by atoms with Crippen LogP contribution in [0.5, 0.6) is 0 Å². The fourth-order valence-electron chi connectivity index (χ4n) is 2.50. The van der Waals surface area contributed by atoms with Crippen LogP contribution < -0.4 is 0 Å². The molecule has 1 heterocycles. The first kappa shape index (κ1) is 19.3. The van der Waals surface area contributed by atoms with Crippen molar-refractivity contribution in [2.24, 2.45) is 0 Å². The van der Waals surface area contributed by atoms with Gasteiger partial charge in [0, 0.05) is 38.1 Å². The Balaban J connectivity index is 2.18. The third kappa shape index (κ3) is 4.97. The van der Waals surface area contributed by atoms with Gasteiger partial charge in [-0.2, -0.15) is 5.10 Å². The Bertz CT molecular complexity index is 736. The van der Waals surface area contributed by atoms with Crippen LogP contribution in [0.4, 0.5) is 5.69 Å². The maximum Gasteiger partial charge on any atom is 0.269 e. The number of hydrogen-bond acceptors (Lipinski definition) is 5. The molecule has 0 aliphatic rings. The van der Waals surface area contributed by atoms with Crippen LogP contribution in [0.1, 0.15) is 11.4 Å². The zero-order chi connectivity index (χ0) is 18.6. The lowest BCUT2D eigenvalue weighted by atomic mass is 10.0. The van der Waals surface area contributed by atoms with Crippen molar-refractivity contribution < 1.29 is 14.8 Å². The minimum absolute atomic E-state index is 0.0361. The summed E-state index contributed by atoms with van der Waals surface area (Å²) in [5, 5.41) is 24.8. The summed E-state index contributed by atoms with van der Waals surface area (Å²) in [6.07, 6.45) is 0. The Morgan fingerprint density at radius 3 is 2.44 bits per heavy atom. The number of aliphatic hydroxyl groups excluding tert-OH is 1. The number of nitro benzene ring substituents is 1. The van der Waals surface area contributed by atoms with Gasteiger partial charge in [0.25, 0.3) is 5.69 Å². The van der Waals surface area contributed by atoms with Crippen molar-refractivity contribution in [3.63, 3.8) is 0 Å². The Morgan fingerprint density at radius 1 is 1.28 bits per heavy atom. The predicted molar refractivity (Wildman–Crippen MR) is 99.1 cm³/mol. The van der Waals surface area contributed by atoms with Crippen molar-refractivity contribution in [3.05, 3.63) is 45.8 Å². The Labute approximate surface area is 148 Å². The van der Waals surface area contributed by atoms with Gasteiger partial charge in [0.15, 0.2) is 0 Å². The molecule has 0 unspecified atom stereocenters. The first-order valence-corrected chi connectivity index (χ1v) is 11.9. The van der Waals surface area contributed by atoms with Crippen LogP contribution in [0.25, 0.3) is 11.1 Å². The molecular formula is C17H25N3O4Si. The molecule has 2 rings (SSSR count). The van der Waals surface area contributed by atoms with Gasteiger partial charge in [-0.3, -0.25) is 10.1 Å². The monoisotopic (exact) mass is 363 g/mol. The number of rotatable bonds is 8. The Morgan fingerprint density at radius 2 is 1.92 bits per heavy atom. The summed E-state index contributed by atoms with van der Waals surface area (Å²) in [5.74, 6) is 0. The van der Waals surface area contributed by atoms with E-state index in [1.54, 1.807) is 16.8 Å². The second-order valence-corrected chi connectivity index (χ2v) is 12.8. The molecule has 0 saturated heterocycles. The second kappa shape index (κ2) is 7.90. The van der Waals surface area contributed by atoms with Gasteiger partial charge < -0.3 is 9.84 Å². The molecule has 0 radical (unpaired) electrons. The van der Waals surface area contributed by atoms with E-state index in [4.69, 9.17) is 4.74 Å². The van der Waals surface area contributed by atoms with Gasteiger partial charge in [-0.15, -0.1) is 0 Å². The smallest absolute Gasteiger partial charge is 0.269 e. The molecule has 8 heteroatoms. The molecule has 0 bridgehead atoms. The second-order valence-electron chi connectivity index (χ2n) is 7.22. The highest BCUT2D eigenvalue weighted by atomic mass is 28.3. The van der Waals surface area contributed by atoms with Crippen LogP contribution in [-0.2, 0) is 18.1 Å². The fraction of sp³-hybridized carbons (Fsp3) is 0.471. The molecule has 1 aromatic carbocycles. The quantitative estimate of drug-likeness (QED) is 0.335. The van der Waals surface area contributed by atoms with Crippen LogP contribution in [0.3, 0.4) is 0 Å². The number of nitrogens with zero attached hydrogens (tertiary/aromatic N) is 3. The topological polar surface area (TPSA) is 90.4 Å². The molecular weight excluding hydrogens is 338 g/mol. The summed E-state index contributed by atoms with van der Waals surface area (Å²) in [6, 6.07) is 7.35. The highest BCUT2D eigenvalue weighted by Gasteiger charge is 2.17. The van der Waals surface area contributed by atoms with Crippen molar-refractivity contribution >= 4 is 13.8 Å². The van der Waals surface area contributed by atoms with E-state index in [1.165, 1.54) is 12.1 Å². The average Bonchev–Trinajstić information content (AvgIpc) is 2.87. The third-order valence-electron chi connectivity index (χ3n) is 4.01. The number of aromatic nitrogens is 2. The highest BCUT2D eigenvalue weighted by molar-refractivity contribution is 6.76. The third-order valence-corrected chi connectivity index (χ3v) is 5.71. The van der Waals surface area contributed by atoms with Crippen molar-refractivity contribution in [2.45, 2.75) is 45.9 Å². The number of benzene rings is 1. The van der Waals surface area contributed by atoms with E-state index in [1.807, 2.05) is 6.92 Å². The van der Waals surface area contributed by atoms with E-state index in [2.05, 4.69) is 24.7 Å². The number of non-ortho nitro benzene ring substituents is 1. The Kier molecular flexibility index (Phi) is 6.10. The zero-order valence-electron chi connectivity index (χ0n) is 15.2. The predicted octanol–water partition coefficient (Wildman–Crippen LogP) is 3.57. The van der Waals surface area contributed by atoms with Crippen molar-refractivity contribution in [1.82, 2.24) is 9.78 Å². The van der Waals surface area contributed by atoms with Gasteiger partial charge in [-0.05, 0) is 30.7 Å². The number of aliphatic hydroxyl groups is 1. The van der Waals surface area contributed by atoms with Crippen LogP contribution in [-0.4, -0.2) is 34.5 Å². The van der Waals surface area contributed by atoms with Crippen molar-refractivity contribution in [1.29, 1.82) is 0 Å². The molecule has 0 atom stereocenters. The summed E-state index contributed by atoms with van der Waals surface area (Å²) in [6.45, 7) is 9.62. The molecule has 136 valence electrons. The Hall–Kier alpha value is -2.03. The summed E-state index contributed by atoms with van der Waals surface area (Å²) in [5.41, 5.74) is 3.03. The van der Waals surface area contributed by atoms with E-state index in [0.717, 1.165) is 22.9 Å². The normalized spacial score (nSPS) is 11.7. The number of nitro groups is 1. The van der Waals surface area contributed by atoms with E-state index in [-0.39, 0.29) is 12.3 Å². The molecule has 0 aliphatic heterocycles. The molecule has 2 aromatic rings. The average molecular weight is 363 g/mol.